The zero-order chi connectivity index (χ0) is 13.3. The van der Waals surface area contributed by atoms with E-state index in [4.69, 9.17) is 4.74 Å². The number of thioether (sulfide) groups is 1. The molecule has 3 heteroatoms. The van der Waals surface area contributed by atoms with Crippen LogP contribution in [0.1, 0.15) is 51.9 Å². The van der Waals surface area contributed by atoms with E-state index >= 15 is 0 Å². The molecule has 1 saturated carbocycles. The second-order valence-corrected chi connectivity index (χ2v) is 7.99. The third kappa shape index (κ3) is 3.02. The van der Waals surface area contributed by atoms with Gasteiger partial charge in [-0.1, -0.05) is 19.8 Å². The van der Waals surface area contributed by atoms with E-state index in [0.29, 0.717) is 17.6 Å². The van der Waals surface area contributed by atoms with Gasteiger partial charge in [0.1, 0.15) is 5.78 Å². The highest BCUT2D eigenvalue weighted by Gasteiger charge is 2.43. The lowest BCUT2D eigenvalue weighted by Gasteiger charge is -2.39. The Bertz CT molecular complexity index is 328. The van der Waals surface area contributed by atoms with Crippen LogP contribution in [0.3, 0.4) is 0 Å². The molecule has 2 aliphatic heterocycles. The molecule has 2 atom stereocenters. The van der Waals surface area contributed by atoms with Crippen LogP contribution in [-0.2, 0) is 9.53 Å². The Morgan fingerprint density at radius 2 is 1.95 bits per heavy atom. The molecule has 1 aliphatic carbocycles. The lowest BCUT2D eigenvalue weighted by Crippen LogP contribution is -2.43. The first kappa shape index (κ1) is 13.9. The van der Waals surface area contributed by atoms with Gasteiger partial charge in [0.15, 0.2) is 0 Å². The van der Waals surface area contributed by atoms with E-state index in [0.717, 1.165) is 50.4 Å². The van der Waals surface area contributed by atoms with E-state index in [1.807, 2.05) is 11.8 Å². The van der Waals surface area contributed by atoms with Crippen molar-refractivity contribution in [3.05, 3.63) is 0 Å². The van der Waals surface area contributed by atoms with Crippen LogP contribution < -0.4 is 0 Å². The zero-order valence-electron chi connectivity index (χ0n) is 12.0. The molecule has 0 bridgehead atoms. The van der Waals surface area contributed by atoms with Crippen LogP contribution in [0.5, 0.6) is 0 Å². The molecule has 3 fully saturated rings. The predicted octanol–water partition coefficient (Wildman–Crippen LogP) is 3.68. The van der Waals surface area contributed by atoms with E-state index in [-0.39, 0.29) is 5.60 Å². The minimum Gasteiger partial charge on any atom is -0.374 e. The Kier molecular flexibility index (Phi) is 4.23. The topological polar surface area (TPSA) is 26.3 Å². The number of Topliss-reactive ketones (excluding diaryl/α,β-unsaturated/α-hetero) is 1. The summed E-state index contributed by atoms with van der Waals surface area (Å²) in [5.41, 5.74) is 0.0607. The second kappa shape index (κ2) is 5.77. The van der Waals surface area contributed by atoms with Gasteiger partial charge in [-0.25, -0.2) is 0 Å². The fourth-order valence-corrected chi connectivity index (χ4v) is 5.39. The van der Waals surface area contributed by atoms with Crippen molar-refractivity contribution in [3.63, 3.8) is 0 Å². The molecule has 3 rings (SSSR count). The van der Waals surface area contributed by atoms with E-state index in [1.165, 1.54) is 18.6 Å². The molecule has 2 nitrogen and oxygen atoms in total. The van der Waals surface area contributed by atoms with Gasteiger partial charge in [0.25, 0.3) is 0 Å². The molecule has 0 N–H and O–H groups in total. The van der Waals surface area contributed by atoms with Crippen molar-refractivity contribution in [1.29, 1.82) is 0 Å². The number of hydrogen-bond acceptors (Lipinski definition) is 3. The van der Waals surface area contributed by atoms with Crippen LogP contribution in [0.4, 0.5) is 0 Å². The maximum absolute atomic E-state index is 12.7. The molecular formula is C16H26O2S. The van der Waals surface area contributed by atoms with Crippen molar-refractivity contribution in [2.24, 2.45) is 17.8 Å². The average molecular weight is 282 g/mol. The van der Waals surface area contributed by atoms with Gasteiger partial charge in [0.2, 0.25) is 0 Å². The Morgan fingerprint density at radius 1 is 1.16 bits per heavy atom. The molecular weight excluding hydrogens is 256 g/mol. The lowest BCUT2D eigenvalue weighted by molar-refractivity contribution is -0.138. The van der Waals surface area contributed by atoms with Gasteiger partial charge >= 0.3 is 0 Å². The second-order valence-electron chi connectivity index (χ2n) is 6.88. The molecule has 2 saturated heterocycles. The van der Waals surface area contributed by atoms with Crippen molar-refractivity contribution in [2.45, 2.75) is 57.5 Å². The van der Waals surface area contributed by atoms with Gasteiger partial charge in [0.05, 0.1) is 5.60 Å². The van der Waals surface area contributed by atoms with E-state index in [2.05, 4.69) is 6.92 Å². The summed E-state index contributed by atoms with van der Waals surface area (Å²) in [6.45, 7) is 3.12. The highest BCUT2D eigenvalue weighted by Crippen LogP contribution is 2.42. The maximum atomic E-state index is 12.7. The summed E-state index contributed by atoms with van der Waals surface area (Å²) >= 11 is 1.99. The molecule has 0 aromatic heterocycles. The Balaban J connectivity index is 1.60. The van der Waals surface area contributed by atoms with Gasteiger partial charge in [0, 0.05) is 24.2 Å². The van der Waals surface area contributed by atoms with Gasteiger partial charge in [-0.15, -0.1) is 0 Å². The molecule has 1 spiro atoms. The highest BCUT2D eigenvalue weighted by atomic mass is 32.2. The lowest BCUT2D eigenvalue weighted by atomic mass is 9.74. The third-order valence-corrected chi connectivity index (χ3v) is 6.60. The number of hydrogen-bond donors (Lipinski definition) is 0. The molecule has 0 aromatic carbocycles. The van der Waals surface area contributed by atoms with Crippen LogP contribution in [0.15, 0.2) is 0 Å². The highest BCUT2D eigenvalue weighted by molar-refractivity contribution is 7.99. The fourth-order valence-electron chi connectivity index (χ4n) is 4.01. The molecule has 2 heterocycles. The summed E-state index contributed by atoms with van der Waals surface area (Å²) in [7, 11) is 0. The third-order valence-electron chi connectivity index (χ3n) is 5.38. The maximum Gasteiger partial charge on any atom is 0.139 e. The molecule has 2 unspecified atom stereocenters. The largest absolute Gasteiger partial charge is 0.374 e. The summed E-state index contributed by atoms with van der Waals surface area (Å²) in [6, 6.07) is 0. The SMILES string of the molecule is CC1CCC(C(=O)C2CCOC3(CCSC3)C2)CC1. The normalized spacial score (nSPS) is 43.5. The van der Waals surface area contributed by atoms with Gasteiger partial charge in [-0.2, -0.15) is 11.8 Å². The molecule has 0 aromatic rings. The Hall–Kier alpha value is -0.0200. The summed E-state index contributed by atoms with van der Waals surface area (Å²) in [5.74, 6) is 4.39. The minimum absolute atomic E-state index is 0.0607. The average Bonchev–Trinajstić information content (AvgIpc) is 2.87. The predicted molar refractivity (Wildman–Crippen MR) is 79.5 cm³/mol. The van der Waals surface area contributed by atoms with Crippen molar-refractivity contribution in [1.82, 2.24) is 0 Å². The monoisotopic (exact) mass is 282 g/mol. The Morgan fingerprint density at radius 3 is 2.63 bits per heavy atom. The van der Waals surface area contributed by atoms with Crippen LogP contribution in [-0.4, -0.2) is 29.5 Å². The van der Waals surface area contributed by atoms with Crippen molar-refractivity contribution in [2.75, 3.05) is 18.1 Å². The first-order valence-electron chi connectivity index (χ1n) is 7.94. The minimum atomic E-state index is 0.0607. The number of ether oxygens (including phenoxy) is 1. The molecule has 19 heavy (non-hydrogen) atoms. The van der Waals surface area contributed by atoms with E-state index in [9.17, 15) is 4.79 Å². The van der Waals surface area contributed by atoms with Crippen LogP contribution in [0.2, 0.25) is 0 Å². The Labute approximate surface area is 121 Å². The number of carbonyl (C=O) groups is 1. The van der Waals surface area contributed by atoms with Crippen LogP contribution in [0.25, 0.3) is 0 Å². The molecule has 108 valence electrons. The van der Waals surface area contributed by atoms with Crippen molar-refractivity contribution in [3.8, 4) is 0 Å². The smallest absolute Gasteiger partial charge is 0.139 e. The zero-order valence-corrected chi connectivity index (χ0v) is 12.8. The van der Waals surface area contributed by atoms with Crippen molar-refractivity contribution < 1.29 is 9.53 Å². The number of carbonyl (C=O) groups excluding carboxylic acids is 1. The summed E-state index contributed by atoms with van der Waals surface area (Å²) < 4.78 is 6.04. The number of rotatable bonds is 2. The van der Waals surface area contributed by atoms with Crippen molar-refractivity contribution >= 4 is 17.5 Å². The molecule has 0 radical (unpaired) electrons. The van der Waals surface area contributed by atoms with Gasteiger partial charge < -0.3 is 4.74 Å². The van der Waals surface area contributed by atoms with Crippen LogP contribution >= 0.6 is 11.8 Å². The summed E-state index contributed by atoms with van der Waals surface area (Å²) in [5, 5.41) is 0. The first-order valence-corrected chi connectivity index (χ1v) is 9.09. The van der Waals surface area contributed by atoms with E-state index in [1.54, 1.807) is 0 Å². The molecule has 3 aliphatic rings. The fraction of sp³-hybridized carbons (Fsp3) is 0.938. The summed E-state index contributed by atoms with van der Waals surface area (Å²) in [6.07, 6.45) is 7.91. The van der Waals surface area contributed by atoms with Gasteiger partial charge in [-0.3, -0.25) is 4.79 Å². The van der Waals surface area contributed by atoms with Crippen LogP contribution in [0, 0.1) is 17.8 Å². The number of ketones is 1. The quantitative estimate of drug-likeness (QED) is 0.773. The standard InChI is InChI=1S/C16H26O2S/c1-12-2-4-13(5-3-12)15(17)14-6-8-18-16(10-14)7-9-19-11-16/h12-14H,2-11H2,1H3. The first-order chi connectivity index (χ1) is 9.19. The summed E-state index contributed by atoms with van der Waals surface area (Å²) in [4.78, 5) is 12.7. The molecule has 0 amide bonds. The van der Waals surface area contributed by atoms with Gasteiger partial charge in [-0.05, 0) is 43.8 Å². The van der Waals surface area contributed by atoms with E-state index < -0.39 is 0 Å².